The Hall–Kier alpha value is -1.77. The lowest BCUT2D eigenvalue weighted by atomic mass is 10.1. The van der Waals surface area contributed by atoms with Crippen molar-refractivity contribution in [1.82, 2.24) is 9.55 Å². The molecule has 3 nitrogen and oxygen atoms in total. The quantitative estimate of drug-likeness (QED) is 0.743. The Kier molecular flexibility index (Phi) is 2.46. The number of hydrogen-bond acceptors (Lipinski definition) is 2. The molecule has 0 radical (unpaired) electrons. The van der Waals surface area contributed by atoms with Crippen LogP contribution in [-0.4, -0.2) is 9.55 Å². The topological polar surface area (TPSA) is 43.8 Å². The number of anilines is 1. The molecule has 0 aliphatic heterocycles. The summed E-state index contributed by atoms with van der Waals surface area (Å²) in [6, 6.07) is 5.96. The van der Waals surface area contributed by atoms with Crippen LogP contribution in [0.4, 0.5) is 5.69 Å². The molecule has 0 atom stereocenters. The van der Waals surface area contributed by atoms with Crippen LogP contribution in [0.1, 0.15) is 22.8 Å². The zero-order valence-electron chi connectivity index (χ0n) is 10.2. The summed E-state index contributed by atoms with van der Waals surface area (Å²) in [6.07, 6.45) is 0. The van der Waals surface area contributed by atoms with Gasteiger partial charge >= 0.3 is 0 Å². The predicted molar refractivity (Wildman–Crippen MR) is 66.9 cm³/mol. The summed E-state index contributed by atoms with van der Waals surface area (Å²) >= 11 is 0. The molecule has 0 fully saturated rings. The van der Waals surface area contributed by atoms with Gasteiger partial charge in [0, 0.05) is 11.4 Å². The number of benzene rings is 1. The average Bonchev–Trinajstić information content (AvgIpc) is 2.43. The zero-order valence-corrected chi connectivity index (χ0v) is 10.2. The molecule has 2 aromatic rings. The van der Waals surface area contributed by atoms with Crippen molar-refractivity contribution in [2.45, 2.75) is 27.7 Å². The largest absolute Gasteiger partial charge is 0.399 e. The van der Waals surface area contributed by atoms with Crippen molar-refractivity contribution in [1.29, 1.82) is 0 Å². The normalized spacial score (nSPS) is 10.8. The van der Waals surface area contributed by atoms with Crippen molar-refractivity contribution in [3.8, 4) is 5.69 Å². The summed E-state index contributed by atoms with van der Waals surface area (Å²) in [7, 11) is 0. The molecule has 0 unspecified atom stereocenters. The first-order valence-corrected chi connectivity index (χ1v) is 5.39. The van der Waals surface area contributed by atoms with Gasteiger partial charge in [-0.2, -0.15) is 0 Å². The van der Waals surface area contributed by atoms with E-state index in [1.54, 1.807) is 0 Å². The number of nitrogens with zero attached hydrogens (tertiary/aromatic N) is 2. The third kappa shape index (κ3) is 1.58. The minimum absolute atomic E-state index is 0.799. The summed E-state index contributed by atoms with van der Waals surface area (Å²) in [5.41, 5.74) is 11.2. The van der Waals surface area contributed by atoms with E-state index in [1.807, 2.05) is 32.0 Å². The lowest BCUT2D eigenvalue weighted by Crippen LogP contribution is -2.02. The summed E-state index contributed by atoms with van der Waals surface area (Å²) in [5.74, 6) is 1.02. The van der Waals surface area contributed by atoms with E-state index in [-0.39, 0.29) is 0 Å². The maximum atomic E-state index is 5.76. The van der Waals surface area contributed by atoms with Crippen LogP contribution >= 0.6 is 0 Å². The Morgan fingerprint density at radius 3 is 2.31 bits per heavy atom. The molecule has 16 heavy (non-hydrogen) atoms. The highest BCUT2D eigenvalue weighted by Gasteiger charge is 2.10. The van der Waals surface area contributed by atoms with Crippen LogP contribution in [0.25, 0.3) is 5.69 Å². The monoisotopic (exact) mass is 215 g/mol. The first-order valence-electron chi connectivity index (χ1n) is 5.39. The average molecular weight is 215 g/mol. The van der Waals surface area contributed by atoms with Crippen LogP contribution in [-0.2, 0) is 0 Å². The lowest BCUT2D eigenvalue weighted by Gasteiger charge is -2.11. The minimum Gasteiger partial charge on any atom is -0.399 e. The van der Waals surface area contributed by atoms with E-state index in [0.29, 0.717) is 0 Å². The molecular formula is C13H17N3. The Labute approximate surface area is 95.9 Å². The molecule has 0 aliphatic carbocycles. The van der Waals surface area contributed by atoms with E-state index >= 15 is 0 Å². The third-order valence-corrected chi connectivity index (χ3v) is 2.97. The Balaban J connectivity index is 2.67. The lowest BCUT2D eigenvalue weighted by molar-refractivity contribution is 0.932. The van der Waals surface area contributed by atoms with Gasteiger partial charge in [-0.25, -0.2) is 4.98 Å². The van der Waals surface area contributed by atoms with Gasteiger partial charge < -0.3 is 10.3 Å². The van der Waals surface area contributed by atoms with Gasteiger partial charge in [-0.1, -0.05) is 0 Å². The molecule has 1 aromatic heterocycles. The number of aromatic nitrogens is 2. The Bertz CT molecular complexity index is 538. The fourth-order valence-corrected chi connectivity index (χ4v) is 2.06. The van der Waals surface area contributed by atoms with Crippen LogP contribution in [0.2, 0.25) is 0 Å². The van der Waals surface area contributed by atoms with Crippen molar-refractivity contribution in [2.75, 3.05) is 5.73 Å². The zero-order chi connectivity index (χ0) is 11.9. The number of nitrogen functional groups attached to an aromatic ring is 1. The first-order chi connectivity index (χ1) is 7.50. The van der Waals surface area contributed by atoms with Crippen molar-refractivity contribution in [3.05, 3.63) is 41.0 Å². The Morgan fingerprint density at radius 2 is 1.81 bits per heavy atom. The van der Waals surface area contributed by atoms with Crippen LogP contribution in [0.5, 0.6) is 0 Å². The molecule has 0 spiro atoms. The molecular weight excluding hydrogens is 198 g/mol. The second-order valence-corrected chi connectivity index (χ2v) is 4.21. The van der Waals surface area contributed by atoms with E-state index in [1.165, 1.54) is 11.3 Å². The molecule has 0 saturated carbocycles. The van der Waals surface area contributed by atoms with Crippen molar-refractivity contribution >= 4 is 5.69 Å². The van der Waals surface area contributed by atoms with Crippen LogP contribution in [0.3, 0.4) is 0 Å². The SMILES string of the molecule is Cc1cc(N)ccc1-n1c(C)nc(C)c1C. The predicted octanol–water partition coefficient (Wildman–Crippen LogP) is 2.69. The molecule has 0 amide bonds. The maximum absolute atomic E-state index is 5.76. The second kappa shape index (κ2) is 3.67. The summed E-state index contributed by atoms with van der Waals surface area (Å²) in [6.45, 7) is 8.21. The highest BCUT2D eigenvalue weighted by molar-refractivity contribution is 5.52. The molecule has 2 rings (SSSR count). The highest BCUT2D eigenvalue weighted by atomic mass is 15.1. The number of rotatable bonds is 1. The van der Waals surface area contributed by atoms with Gasteiger partial charge in [-0.3, -0.25) is 0 Å². The third-order valence-electron chi connectivity index (χ3n) is 2.97. The summed E-state index contributed by atoms with van der Waals surface area (Å²) in [5, 5.41) is 0. The molecule has 2 N–H and O–H groups in total. The molecule has 0 aliphatic rings. The molecule has 0 saturated heterocycles. The summed E-state index contributed by atoms with van der Waals surface area (Å²) < 4.78 is 2.17. The van der Waals surface area contributed by atoms with Gasteiger partial charge in [-0.05, 0) is 51.5 Å². The van der Waals surface area contributed by atoms with Gasteiger partial charge in [0.2, 0.25) is 0 Å². The number of imidazole rings is 1. The second-order valence-electron chi connectivity index (χ2n) is 4.21. The smallest absolute Gasteiger partial charge is 0.110 e. The standard InChI is InChI=1S/C13H17N3/c1-8-7-12(14)5-6-13(8)16-10(3)9(2)15-11(16)4/h5-7H,14H2,1-4H3. The number of hydrogen-bond donors (Lipinski definition) is 1. The first kappa shape index (κ1) is 10.7. The van der Waals surface area contributed by atoms with Crippen molar-refractivity contribution in [3.63, 3.8) is 0 Å². The van der Waals surface area contributed by atoms with E-state index in [2.05, 4.69) is 23.4 Å². The number of aryl methyl sites for hydroxylation is 3. The van der Waals surface area contributed by atoms with Crippen LogP contribution in [0.15, 0.2) is 18.2 Å². The maximum Gasteiger partial charge on any atom is 0.110 e. The van der Waals surface area contributed by atoms with Gasteiger partial charge in [0.05, 0.1) is 11.4 Å². The van der Waals surface area contributed by atoms with Gasteiger partial charge in [0.15, 0.2) is 0 Å². The molecule has 84 valence electrons. The fraction of sp³-hybridized carbons (Fsp3) is 0.308. The van der Waals surface area contributed by atoms with E-state index in [4.69, 9.17) is 5.73 Å². The number of nitrogens with two attached hydrogens (primary N) is 1. The molecule has 1 aromatic carbocycles. The van der Waals surface area contributed by atoms with Gasteiger partial charge in [-0.15, -0.1) is 0 Å². The van der Waals surface area contributed by atoms with E-state index in [9.17, 15) is 0 Å². The van der Waals surface area contributed by atoms with Gasteiger partial charge in [0.25, 0.3) is 0 Å². The molecule has 0 bridgehead atoms. The summed E-state index contributed by atoms with van der Waals surface area (Å²) in [4.78, 5) is 4.48. The van der Waals surface area contributed by atoms with E-state index < -0.39 is 0 Å². The van der Waals surface area contributed by atoms with E-state index in [0.717, 1.165) is 22.9 Å². The minimum atomic E-state index is 0.799. The molecule has 3 heteroatoms. The fourth-order valence-electron chi connectivity index (χ4n) is 2.06. The van der Waals surface area contributed by atoms with Crippen molar-refractivity contribution < 1.29 is 0 Å². The van der Waals surface area contributed by atoms with Crippen LogP contribution < -0.4 is 5.73 Å². The Morgan fingerprint density at radius 1 is 1.12 bits per heavy atom. The highest BCUT2D eigenvalue weighted by Crippen LogP contribution is 2.22. The van der Waals surface area contributed by atoms with Crippen LogP contribution in [0, 0.1) is 27.7 Å². The van der Waals surface area contributed by atoms with Gasteiger partial charge in [0.1, 0.15) is 5.82 Å². The molecule has 1 heterocycles. The van der Waals surface area contributed by atoms with Crippen molar-refractivity contribution in [2.24, 2.45) is 0 Å².